The molecule has 0 aliphatic carbocycles. The minimum atomic E-state index is 0.0378. The molecule has 156 valence electrons. The molecule has 0 saturated carbocycles. The normalized spacial score (nSPS) is 17.2. The summed E-state index contributed by atoms with van der Waals surface area (Å²) >= 11 is 0. The molecule has 2 atom stereocenters. The quantitative estimate of drug-likeness (QED) is 0.168. The van der Waals surface area contributed by atoms with Crippen LogP contribution in [0, 0.1) is 5.92 Å². The minimum Gasteiger partial charge on any atom is -0.279 e. The largest absolute Gasteiger partial charge is 0.279 e. The van der Waals surface area contributed by atoms with Gasteiger partial charge in [0.25, 0.3) is 0 Å². The van der Waals surface area contributed by atoms with Gasteiger partial charge in [-0.2, -0.15) is 0 Å². The second-order valence-electron chi connectivity index (χ2n) is 8.31. The summed E-state index contributed by atoms with van der Waals surface area (Å²) in [5.74, 6) is 0.420. The van der Waals surface area contributed by atoms with E-state index in [-0.39, 0.29) is 17.9 Å². The van der Waals surface area contributed by atoms with Crippen molar-refractivity contribution in [3.8, 4) is 0 Å². The predicted octanol–water partition coefficient (Wildman–Crippen LogP) is 6.81. The summed E-state index contributed by atoms with van der Waals surface area (Å²) in [4.78, 5) is 25.9. The number of carbonyl (C=O) groups excluding carboxylic acids is 2. The number of nitrogens with zero attached hydrogens (tertiary/aromatic N) is 1. The smallest absolute Gasteiger partial charge is 0.229 e. The van der Waals surface area contributed by atoms with Crippen LogP contribution in [0.4, 0.5) is 0 Å². The number of carbonyl (C=O) groups is 2. The average Bonchev–Trinajstić information content (AvgIpc) is 2.99. The first-order chi connectivity index (χ1) is 13.1. The van der Waals surface area contributed by atoms with E-state index >= 15 is 0 Å². The first kappa shape index (κ1) is 23.9. The molecule has 0 bridgehead atoms. The first-order valence-electron chi connectivity index (χ1n) is 11.6. The fourth-order valence-corrected chi connectivity index (χ4v) is 4.03. The van der Waals surface area contributed by atoms with Crippen molar-refractivity contribution < 1.29 is 9.59 Å². The zero-order chi connectivity index (χ0) is 19.9. The Morgan fingerprint density at radius 3 is 1.96 bits per heavy atom. The summed E-state index contributed by atoms with van der Waals surface area (Å²) in [6.07, 6.45) is 21.5. The lowest BCUT2D eigenvalue weighted by molar-refractivity contribution is -0.142. The number of amides is 2. The van der Waals surface area contributed by atoms with Crippen molar-refractivity contribution in [3.63, 3.8) is 0 Å². The van der Waals surface area contributed by atoms with Gasteiger partial charge in [-0.1, -0.05) is 90.7 Å². The molecule has 1 fully saturated rings. The summed E-state index contributed by atoms with van der Waals surface area (Å²) in [6.45, 7) is 6.62. The molecule has 2 unspecified atom stereocenters. The Bertz CT molecular complexity index is 428. The van der Waals surface area contributed by atoms with Crippen LogP contribution in [0.5, 0.6) is 0 Å². The van der Waals surface area contributed by atoms with Crippen LogP contribution >= 0.6 is 0 Å². The van der Waals surface area contributed by atoms with Crippen molar-refractivity contribution in [3.05, 3.63) is 12.2 Å². The monoisotopic (exact) mass is 377 g/mol. The Hall–Kier alpha value is -1.12. The predicted molar refractivity (Wildman–Crippen MR) is 115 cm³/mol. The Balaban J connectivity index is 2.26. The average molecular weight is 378 g/mol. The number of rotatable bonds is 16. The highest BCUT2D eigenvalue weighted by molar-refractivity contribution is 6.02. The van der Waals surface area contributed by atoms with Gasteiger partial charge in [-0.05, 0) is 31.6 Å². The molecule has 0 aromatic heterocycles. The molecule has 1 aliphatic heterocycles. The SMILES string of the molecule is CCCCCCCCCC/C=C/CC(C)C(CCCC)N1C(=O)CCC1=O. The van der Waals surface area contributed by atoms with Gasteiger partial charge in [0.05, 0.1) is 0 Å². The molecule has 1 rings (SSSR count). The lowest BCUT2D eigenvalue weighted by Gasteiger charge is -2.31. The third-order valence-corrected chi connectivity index (χ3v) is 5.83. The number of unbranched alkanes of at least 4 members (excludes halogenated alkanes) is 9. The molecule has 0 spiro atoms. The van der Waals surface area contributed by atoms with Gasteiger partial charge in [0, 0.05) is 18.9 Å². The molecule has 1 heterocycles. The van der Waals surface area contributed by atoms with Gasteiger partial charge >= 0.3 is 0 Å². The van der Waals surface area contributed by atoms with Crippen LogP contribution in [0.25, 0.3) is 0 Å². The minimum absolute atomic E-state index is 0.0378. The van der Waals surface area contributed by atoms with E-state index in [9.17, 15) is 9.59 Å². The molecule has 1 saturated heterocycles. The Morgan fingerprint density at radius 2 is 1.37 bits per heavy atom. The fraction of sp³-hybridized carbons (Fsp3) is 0.833. The zero-order valence-corrected chi connectivity index (χ0v) is 18.2. The van der Waals surface area contributed by atoms with E-state index in [1.807, 2.05) is 0 Å². The lowest BCUT2D eigenvalue weighted by Crippen LogP contribution is -2.43. The van der Waals surface area contributed by atoms with Crippen LogP contribution in [0.2, 0.25) is 0 Å². The van der Waals surface area contributed by atoms with Gasteiger partial charge in [0.2, 0.25) is 11.8 Å². The standard InChI is InChI=1S/C24H43NO2/c1-4-6-8-9-10-11-12-13-14-15-16-17-21(3)22(18-7-5-2)25-23(26)19-20-24(25)27/h15-16,21-22H,4-14,17-20H2,1-3H3/b16-15+. The molecule has 0 aromatic carbocycles. The Kier molecular flexibility index (Phi) is 13.2. The molecule has 3 nitrogen and oxygen atoms in total. The third kappa shape index (κ3) is 9.58. The van der Waals surface area contributed by atoms with E-state index in [0.29, 0.717) is 18.8 Å². The molecule has 0 aromatic rings. The van der Waals surface area contributed by atoms with Crippen molar-refractivity contribution in [1.82, 2.24) is 4.90 Å². The highest BCUT2D eigenvalue weighted by atomic mass is 16.2. The van der Waals surface area contributed by atoms with Gasteiger partial charge in [-0.3, -0.25) is 14.5 Å². The fourth-order valence-electron chi connectivity index (χ4n) is 4.03. The second-order valence-corrected chi connectivity index (χ2v) is 8.31. The van der Waals surface area contributed by atoms with Gasteiger partial charge in [0.1, 0.15) is 0 Å². The maximum absolute atomic E-state index is 12.1. The van der Waals surface area contributed by atoms with E-state index in [2.05, 4.69) is 32.9 Å². The molecule has 3 heteroatoms. The van der Waals surface area contributed by atoms with Crippen LogP contribution in [0.15, 0.2) is 12.2 Å². The summed E-state index contributed by atoms with van der Waals surface area (Å²) < 4.78 is 0. The number of hydrogen-bond acceptors (Lipinski definition) is 2. The van der Waals surface area contributed by atoms with E-state index in [4.69, 9.17) is 0 Å². The Labute approximate surface area is 168 Å². The van der Waals surface area contributed by atoms with E-state index in [1.165, 1.54) is 51.4 Å². The van der Waals surface area contributed by atoms with Gasteiger partial charge < -0.3 is 0 Å². The molecule has 0 N–H and O–H groups in total. The molecule has 27 heavy (non-hydrogen) atoms. The van der Waals surface area contributed by atoms with Gasteiger partial charge in [-0.25, -0.2) is 0 Å². The number of imide groups is 1. The van der Waals surface area contributed by atoms with Crippen LogP contribution in [-0.2, 0) is 9.59 Å². The molecular formula is C24H43NO2. The summed E-state index contributed by atoms with van der Waals surface area (Å²) in [5.41, 5.74) is 0. The van der Waals surface area contributed by atoms with Crippen LogP contribution in [-0.4, -0.2) is 22.8 Å². The van der Waals surface area contributed by atoms with Crippen molar-refractivity contribution in [2.24, 2.45) is 5.92 Å². The summed E-state index contributed by atoms with van der Waals surface area (Å²) in [7, 11) is 0. The topological polar surface area (TPSA) is 37.4 Å². The Morgan fingerprint density at radius 1 is 0.815 bits per heavy atom. The van der Waals surface area contributed by atoms with Gasteiger partial charge in [0.15, 0.2) is 0 Å². The van der Waals surface area contributed by atoms with E-state index in [1.54, 1.807) is 4.90 Å². The molecule has 2 amide bonds. The van der Waals surface area contributed by atoms with Crippen molar-refractivity contribution in [2.45, 2.75) is 123 Å². The lowest BCUT2D eigenvalue weighted by atomic mass is 9.92. The zero-order valence-electron chi connectivity index (χ0n) is 18.2. The molecular weight excluding hydrogens is 334 g/mol. The molecule has 1 aliphatic rings. The highest BCUT2D eigenvalue weighted by Crippen LogP contribution is 2.26. The second kappa shape index (κ2) is 14.9. The van der Waals surface area contributed by atoms with Crippen LogP contribution in [0.3, 0.4) is 0 Å². The first-order valence-corrected chi connectivity index (χ1v) is 11.6. The number of likely N-dealkylation sites (tertiary alicyclic amines) is 1. The van der Waals surface area contributed by atoms with Crippen LogP contribution < -0.4 is 0 Å². The third-order valence-electron chi connectivity index (χ3n) is 5.83. The number of hydrogen-bond donors (Lipinski definition) is 0. The maximum Gasteiger partial charge on any atom is 0.229 e. The summed E-state index contributed by atoms with van der Waals surface area (Å²) in [6, 6.07) is 0.0835. The molecule has 0 radical (unpaired) electrons. The van der Waals surface area contributed by atoms with Crippen molar-refractivity contribution >= 4 is 11.8 Å². The van der Waals surface area contributed by atoms with Gasteiger partial charge in [-0.15, -0.1) is 0 Å². The van der Waals surface area contributed by atoms with E-state index in [0.717, 1.165) is 32.1 Å². The number of allylic oxidation sites excluding steroid dienone is 2. The van der Waals surface area contributed by atoms with E-state index < -0.39 is 0 Å². The van der Waals surface area contributed by atoms with Crippen LogP contribution in [0.1, 0.15) is 117 Å². The highest BCUT2D eigenvalue weighted by Gasteiger charge is 2.36. The maximum atomic E-state index is 12.1. The van der Waals surface area contributed by atoms with Crippen molar-refractivity contribution in [2.75, 3.05) is 0 Å². The summed E-state index contributed by atoms with van der Waals surface area (Å²) in [5, 5.41) is 0. The van der Waals surface area contributed by atoms with Crippen molar-refractivity contribution in [1.29, 1.82) is 0 Å².